The van der Waals surface area contributed by atoms with E-state index in [1.54, 1.807) is 48.8 Å². The van der Waals surface area contributed by atoms with Crippen LogP contribution in [0.3, 0.4) is 0 Å². The van der Waals surface area contributed by atoms with E-state index in [-0.39, 0.29) is 17.5 Å². The highest BCUT2D eigenvalue weighted by Crippen LogP contribution is 2.29. The molecule has 0 saturated heterocycles. The van der Waals surface area contributed by atoms with E-state index in [2.05, 4.69) is 25.6 Å². The molecular formula is C26H18F2N6O4. The Balaban J connectivity index is 0.000000436. The quantitative estimate of drug-likeness (QED) is 0.249. The van der Waals surface area contributed by atoms with E-state index < -0.39 is 23.6 Å². The molecule has 4 rings (SSSR count). The van der Waals surface area contributed by atoms with Gasteiger partial charge in [0.05, 0.1) is 11.6 Å². The van der Waals surface area contributed by atoms with Crippen molar-refractivity contribution < 1.29 is 28.6 Å². The number of carbonyl (C=O) groups is 2. The highest BCUT2D eigenvalue weighted by molar-refractivity contribution is 5.89. The lowest BCUT2D eigenvalue weighted by molar-refractivity contribution is -0.134. The largest absolute Gasteiger partial charge is 0.478 e. The highest BCUT2D eigenvalue weighted by atomic mass is 19.1. The normalized spacial score (nSPS) is 10.1. The summed E-state index contributed by atoms with van der Waals surface area (Å²) in [6.07, 6.45) is 5.69. The lowest BCUT2D eigenvalue weighted by Gasteiger charge is -2.11. The summed E-state index contributed by atoms with van der Waals surface area (Å²) in [7, 11) is 0. The van der Waals surface area contributed by atoms with Crippen LogP contribution in [-0.4, -0.2) is 37.1 Å². The number of nitrogens with one attached hydrogen (secondary N) is 2. The van der Waals surface area contributed by atoms with Gasteiger partial charge in [-0.05, 0) is 65.7 Å². The van der Waals surface area contributed by atoms with Crippen molar-refractivity contribution in [2.45, 2.75) is 0 Å². The summed E-state index contributed by atoms with van der Waals surface area (Å²) >= 11 is 0. The van der Waals surface area contributed by atoms with Gasteiger partial charge in [0, 0.05) is 36.4 Å². The minimum Gasteiger partial charge on any atom is -0.478 e. The Morgan fingerprint density at radius 3 is 2.00 bits per heavy atom. The topological polar surface area (TPSA) is 161 Å². The van der Waals surface area contributed by atoms with Gasteiger partial charge in [-0.1, -0.05) is 0 Å². The number of anilines is 4. The Bertz CT molecular complexity index is 1470. The minimum absolute atomic E-state index is 0.218. The summed E-state index contributed by atoms with van der Waals surface area (Å²) in [6, 6.07) is 16.1. The molecule has 0 aliphatic heterocycles. The van der Waals surface area contributed by atoms with E-state index in [0.29, 0.717) is 34.5 Å². The maximum Gasteiger partial charge on any atom is 0.328 e. The predicted octanol–water partition coefficient (Wildman–Crippen LogP) is 4.89. The van der Waals surface area contributed by atoms with E-state index >= 15 is 0 Å². The second-order valence-corrected chi connectivity index (χ2v) is 7.27. The fourth-order valence-corrected chi connectivity index (χ4v) is 2.92. The fourth-order valence-electron chi connectivity index (χ4n) is 2.92. The van der Waals surface area contributed by atoms with Crippen molar-refractivity contribution in [3.63, 3.8) is 0 Å². The van der Waals surface area contributed by atoms with Gasteiger partial charge in [0.15, 0.2) is 0 Å². The van der Waals surface area contributed by atoms with Crippen molar-refractivity contribution in [2.24, 2.45) is 0 Å². The molecule has 0 fully saturated rings. The highest BCUT2D eigenvalue weighted by Gasteiger charge is 2.13. The van der Waals surface area contributed by atoms with Gasteiger partial charge in [-0.3, -0.25) is 4.98 Å². The Morgan fingerprint density at radius 2 is 1.45 bits per heavy atom. The van der Waals surface area contributed by atoms with Crippen LogP contribution >= 0.6 is 0 Å². The SMILES string of the molecule is N#Cc1ccc(Nc2nccc(Nc3c(F)cc(-c4ccncc4)cc3F)n2)cc1.O=C(O)/C=C\C(=O)O. The molecule has 0 aliphatic carbocycles. The van der Waals surface area contributed by atoms with Crippen LogP contribution in [0.25, 0.3) is 11.1 Å². The number of carboxylic acid groups (broad SMARTS) is 2. The molecule has 2 heterocycles. The maximum absolute atomic E-state index is 14.6. The van der Waals surface area contributed by atoms with Crippen molar-refractivity contribution in [3.05, 3.63) is 103 Å². The van der Waals surface area contributed by atoms with Gasteiger partial charge >= 0.3 is 11.9 Å². The number of nitrogens with zero attached hydrogens (tertiary/aromatic N) is 4. The number of halogens is 2. The lowest BCUT2D eigenvalue weighted by Crippen LogP contribution is -2.03. The molecule has 0 saturated carbocycles. The molecule has 12 heteroatoms. The Kier molecular flexibility index (Phi) is 9.09. The third-order valence-electron chi connectivity index (χ3n) is 4.60. The van der Waals surface area contributed by atoms with Crippen molar-refractivity contribution in [1.82, 2.24) is 15.0 Å². The summed E-state index contributed by atoms with van der Waals surface area (Å²) in [6.45, 7) is 0. The molecule has 0 aliphatic rings. The Morgan fingerprint density at radius 1 is 0.842 bits per heavy atom. The molecule has 0 radical (unpaired) electrons. The summed E-state index contributed by atoms with van der Waals surface area (Å²) in [5.41, 5.74) is 1.95. The average molecular weight is 516 g/mol. The molecule has 0 bridgehead atoms. The zero-order valence-electron chi connectivity index (χ0n) is 19.3. The predicted molar refractivity (Wildman–Crippen MR) is 134 cm³/mol. The summed E-state index contributed by atoms with van der Waals surface area (Å²) in [5.74, 6) is -3.56. The molecule has 4 aromatic rings. The third kappa shape index (κ3) is 7.92. The van der Waals surface area contributed by atoms with Gasteiger partial charge < -0.3 is 20.8 Å². The van der Waals surface area contributed by atoms with Crippen LogP contribution in [0.15, 0.2) is 85.3 Å². The van der Waals surface area contributed by atoms with Crippen molar-refractivity contribution in [2.75, 3.05) is 10.6 Å². The van der Waals surface area contributed by atoms with Crippen LogP contribution in [0, 0.1) is 23.0 Å². The van der Waals surface area contributed by atoms with Crippen LogP contribution in [0.5, 0.6) is 0 Å². The number of hydrogen-bond donors (Lipinski definition) is 4. The number of benzene rings is 2. The number of hydrogen-bond acceptors (Lipinski definition) is 8. The monoisotopic (exact) mass is 516 g/mol. The van der Waals surface area contributed by atoms with Crippen LogP contribution < -0.4 is 10.6 Å². The molecule has 0 spiro atoms. The number of nitriles is 1. The van der Waals surface area contributed by atoms with E-state index in [1.165, 1.54) is 24.4 Å². The summed E-state index contributed by atoms with van der Waals surface area (Å²) < 4.78 is 29.2. The molecule has 0 unspecified atom stereocenters. The zero-order valence-corrected chi connectivity index (χ0v) is 19.3. The first kappa shape index (κ1) is 26.9. The first-order chi connectivity index (χ1) is 18.2. The van der Waals surface area contributed by atoms with Crippen LogP contribution in [0.1, 0.15) is 5.56 Å². The number of carboxylic acids is 2. The third-order valence-corrected chi connectivity index (χ3v) is 4.60. The van der Waals surface area contributed by atoms with Crippen LogP contribution in [0.4, 0.5) is 31.9 Å². The molecular weight excluding hydrogens is 498 g/mol. The lowest BCUT2D eigenvalue weighted by atomic mass is 10.1. The molecule has 2 aromatic carbocycles. The summed E-state index contributed by atoms with van der Waals surface area (Å²) in [4.78, 5) is 31.3. The Hall–Kier alpha value is -5.70. The van der Waals surface area contributed by atoms with Gasteiger partial charge in [-0.15, -0.1) is 0 Å². The van der Waals surface area contributed by atoms with Crippen LogP contribution in [0.2, 0.25) is 0 Å². The van der Waals surface area contributed by atoms with Crippen molar-refractivity contribution >= 4 is 35.1 Å². The number of aromatic nitrogens is 3. The molecule has 10 nitrogen and oxygen atoms in total. The smallest absolute Gasteiger partial charge is 0.328 e. The zero-order chi connectivity index (χ0) is 27.5. The average Bonchev–Trinajstić information content (AvgIpc) is 2.91. The molecule has 0 atom stereocenters. The summed E-state index contributed by atoms with van der Waals surface area (Å²) in [5, 5.41) is 30.1. The van der Waals surface area contributed by atoms with Gasteiger partial charge in [-0.25, -0.2) is 23.4 Å². The van der Waals surface area contributed by atoms with Crippen molar-refractivity contribution in [1.29, 1.82) is 5.26 Å². The van der Waals surface area contributed by atoms with Crippen LogP contribution in [-0.2, 0) is 9.59 Å². The minimum atomic E-state index is -1.26. The molecule has 190 valence electrons. The molecule has 38 heavy (non-hydrogen) atoms. The van der Waals surface area contributed by atoms with Gasteiger partial charge in [0.25, 0.3) is 0 Å². The maximum atomic E-state index is 14.6. The Labute approximate surface area is 214 Å². The molecule has 2 aromatic heterocycles. The molecule has 0 amide bonds. The second kappa shape index (κ2) is 12.8. The second-order valence-electron chi connectivity index (χ2n) is 7.27. The van der Waals surface area contributed by atoms with E-state index in [1.807, 2.05) is 6.07 Å². The fraction of sp³-hybridized carbons (Fsp3) is 0. The first-order valence-corrected chi connectivity index (χ1v) is 10.7. The van der Waals surface area contributed by atoms with Gasteiger partial charge in [-0.2, -0.15) is 10.2 Å². The number of pyridine rings is 1. The van der Waals surface area contributed by atoms with Crippen molar-refractivity contribution in [3.8, 4) is 17.2 Å². The van der Waals surface area contributed by atoms with Gasteiger partial charge in [0.2, 0.25) is 5.95 Å². The van der Waals surface area contributed by atoms with E-state index in [4.69, 9.17) is 15.5 Å². The number of rotatable bonds is 7. The standard InChI is InChI=1S/C22H14F2N6.C4H4O4/c23-18-11-16(15-5-8-26-9-6-15)12-19(24)21(18)29-20-7-10-27-22(30-20)28-17-3-1-14(13-25)2-4-17;5-3(6)1-2-4(7)8/h1-12H,(H2,27,28,29,30);1-2H,(H,5,6)(H,7,8)/b;2-1-. The van der Waals surface area contributed by atoms with Gasteiger partial charge in [0.1, 0.15) is 23.1 Å². The molecule has 4 N–H and O–H groups in total. The first-order valence-electron chi connectivity index (χ1n) is 10.7. The van der Waals surface area contributed by atoms with E-state index in [9.17, 15) is 18.4 Å². The van der Waals surface area contributed by atoms with E-state index in [0.717, 1.165) is 0 Å². The number of aliphatic carboxylic acids is 2.